The van der Waals surface area contributed by atoms with Gasteiger partial charge in [0, 0.05) is 40.9 Å². The number of hydrogen-bond acceptors (Lipinski definition) is 8. The molecule has 1 saturated heterocycles. The van der Waals surface area contributed by atoms with E-state index in [1.807, 2.05) is 44.4 Å². The van der Waals surface area contributed by atoms with Crippen molar-refractivity contribution in [2.24, 2.45) is 5.41 Å². The summed E-state index contributed by atoms with van der Waals surface area (Å²) in [5.41, 5.74) is 5.72. The molecule has 5 rings (SSSR count). The number of esters is 1. The zero-order valence-electron chi connectivity index (χ0n) is 31.2. The van der Waals surface area contributed by atoms with Crippen LogP contribution in [-0.4, -0.2) is 51.4 Å². The fourth-order valence-electron chi connectivity index (χ4n) is 7.25. The van der Waals surface area contributed by atoms with Gasteiger partial charge in [0.2, 0.25) is 0 Å². The van der Waals surface area contributed by atoms with Crippen molar-refractivity contribution in [1.29, 1.82) is 0 Å². The minimum absolute atomic E-state index is 0.278. The molecule has 9 heteroatoms. The van der Waals surface area contributed by atoms with Gasteiger partial charge in [-0.1, -0.05) is 50.1 Å². The Balaban J connectivity index is 1.63. The fraction of sp³-hybridized carbons (Fsp3) is 0.512. The van der Waals surface area contributed by atoms with Crippen LogP contribution in [0.2, 0.25) is 0 Å². The van der Waals surface area contributed by atoms with Crippen LogP contribution >= 0.6 is 11.3 Å². The second-order valence-electron chi connectivity index (χ2n) is 14.7. The highest BCUT2D eigenvalue weighted by Gasteiger charge is 2.39. The number of benzene rings is 1. The van der Waals surface area contributed by atoms with Gasteiger partial charge in [-0.15, -0.1) is 24.5 Å². The Labute approximate surface area is 302 Å². The number of carbonyl (C=O) groups excluding carboxylic acids is 1. The van der Waals surface area contributed by atoms with Gasteiger partial charge in [0.15, 0.2) is 11.8 Å². The molecule has 0 saturated carbocycles. The first-order valence-electron chi connectivity index (χ1n) is 18.1. The van der Waals surface area contributed by atoms with Crippen LogP contribution in [0.3, 0.4) is 0 Å². The lowest BCUT2D eigenvalue weighted by atomic mass is 9.71. The van der Waals surface area contributed by atoms with Crippen LogP contribution in [0.15, 0.2) is 55.6 Å². The molecule has 1 fully saturated rings. The third-order valence-corrected chi connectivity index (χ3v) is 10.9. The van der Waals surface area contributed by atoms with Gasteiger partial charge in [0.05, 0.1) is 34.7 Å². The summed E-state index contributed by atoms with van der Waals surface area (Å²) < 4.78 is 13.8. The summed E-state index contributed by atoms with van der Waals surface area (Å²) in [7, 11) is 1.41. The predicted molar refractivity (Wildman–Crippen MR) is 206 cm³/mol. The van der Waals surface area contributed by atoms with E-state index in [1.54, 1.807) is 11.3 Å². The molecule has 1 atom stereocenters. The molecule has 0 radical (unpaired) electrons. The molecule has 0 bridgehead atoms. The number of aryl methyl sites for hydroxylation is 3. The number of methoxy groups -OCH3 is 1. The maximum Gasteiger partial charge on any atom is 0.339 e. The van der Waals surface area contributed by atoms with Crippen molar-refractivity contribution < 1.29 is 14.3 Å². The smallest absolute Gasteiger partial charge is 0.339 e. The molecule has 1 aliphatic heterocycles. The normalized spacial score (nSPS) is 15.3. The van der Waals surface area contributed by atoms with Crippen LogP contribution in [0.5, 0.6) is 0 Å². The van der Waals surface area contributed by atoms with Crippen molar-refractivity contribution in [1.82, 2.24) is 19.6 Å². The highest BCUT2D eigenvalue weighted by atomic mass is 32.1. The van der Waals surface area contributed by atoms with Crippen molar-refractivity contribution >= 4 is 28.8 Å². The number of anilines is 1. The van der Waals surface area contributed by atoms with E-state index in [-0.39, 0.29) is 5.41 Å². The summed E-state index contributed by atoms with van der Waals surface area (Å²) in [6.45, 7) is 21.8. The zero-order valence-corrected chi connectivity index (χ0v) is 32.0. The lowest BCUT2D eigenvalue weighted by Crippen LogP contribution is -2.42. The molecule has 4 aromatic rings. The van der Waals surface area contributed by atoms with Crippen molar-refractivity contribution in [3.05, 3.63) is 76.8 Å². The van der Waals surface area contributed by atoms with Crippen LogP contribution in [0.4, 0.5) is 5.82 Å². The van der Waals surface area contributed by atoms with Crippen molar-refractivity contribution in [2.75, 3.05) is 25.1 Å². The Bertz CT molecular complexity index is 1810. The standard InChI is InChI=1S/C41H55N5O3S/c1-10-13-19-33-36(43-29(5)50-33)31-18-16-17-30(26-31)32-27-34-42-28(4)35(37(39(47)48-9)49-40(6,7)8)38(46(34)44-32)45-24-22-41(23-25-45,20-14-11-2)21-15-12-3/h10-11,16-18,26-27,37H,1-2,12-15,19-25H2,3-9H3. The van der Waals surface area contributed by atoms with E-state index >= 15 is 0 Å². The molecule has 50 heavy (non-hydrogen) atoms. The summed E-state index contributed by atoms with van der Waals surface area (Å²) >= 11 is 1.75. The van der Waals surface area contributed by atoms with Gasteiger partial charge in [-0.25, -0.2) is 14.8 Å². The van der Waals surface area contributed by atoms with Crippen molar-refractivity contribution in [3.63, 3.8) is 0 Å². The van der Waals surface area contributed by atoms with Gasteiger partial charge >= 0.3 is 5.97 Å². The number of carbonyl (C=O) groups is 1. The van der Waals surface area contributed by atoms with Crippen LogP contribution in [0.1, 0.15) is 106 Å². The second-order valence-corrected chi connectivity index (χ2v) is 16.0. The average molecular weight is 698 g/mol. The first-order valence-corrected chi connectivity index (χ1v) is 18.9. The second kappa shape index (κ2) is 16.0. The van der Waals surface area contributed by atoms with E-state index in [0.29, 0.717) is 5.56 Å². The molecule has 1 aromatic carbocycles. The molecule has 1 aliphatic rings. The Hall–Kier alpha value is -3.82. The van der Waals surface area contributed by atoms with E-state index in [9.17, 15) is 4.79 Å². The minimum Gasteiger partial charge on any atom is -0.467 e. The highest BCUT2D eigenvalue weighted by Crippen LogP contribution is 2.44. The van der Waals surface area contributed by atoms with E-state index in [2.05, 4.69) is 62.2 Å². The Morgan fingerprint density at radius 2 is 1.78 bits per heavy atom. The third kappa shape index (κ3) is 8.37. The number of piperidine rings is 1. The number of fused-ring (bicyclic) bond motifs is 1. The minimum atomic E-state index is -0.961. The van der Waals surface area contributed by atoms with E-state index in [0.717, 1.165) is 96.3 Å². The Kier molecular flexibility index (Phi) is 12.0. The lowest BCUT2D eigenvalue weighted by Gasteiger charge is -2.44. The molecule has 0 aliphatic carbocycles. The highest BCUT2D eigenvalue weighted by molar-refractivity contribution is 7.12. The van der Waals surface area contributed by atoms with Gasteiger partial charge in [0.1, 0.15) is 5.82 Å². The summed E-state index contributed by atoms with van der Waals surface area (Å²) in [5, 5.41) is 6.28. The van der Waals surface area contributed by atoms with Gasteiger partial charge in [-0.2, -0.15) is 9.61 Å². The van der Waals surface area contributed by atoms with Gasteiger partial charge < -0.3 is 14.4 Å². The number of nitrogens with zero attached hydrogens (tertiary/aromatic N) is 5. The lowest BCUT2D eigenvalue weighted by molar-refractivity contribution is -0.164. The number of allylic oxidation sites excluding steroid dienone is 2. The molecule has 268 valence electrons. The van der Waals surface area contributed by atoms with Crippen LogP contribution < -0.4 is 4.90 Å². The largest absolute Gasteiger partial charge is 0.467 e. The monoisotopic (exact) mass is 697 g/mol. The quantitative estimate of drug-likeness (QED) is 0.0903. The van der Waals surface area contributed by atoms with E-state index < -0.39 is 17.7 Å². The molecule has 0 N–H and O–H groups in total. The first-order chi connectivity index (χ1) is 23.9. The Morgan fingerprint density at radius 3 is 2.44 bits per heavy atom. The van der Waals surface area contributed by atoms with Gasteiger partial charge in [-0.3, -0.25) is 0 Å². The molecular formula is C41H55N5O3S. The van der Waals surface area contributed by atoms with Crippen molar-refractivity contribution in [3.8, 4) is 22.5 Å². The number of aromatic nitrogens is 4. The molecule has 1 unspecified atom stereocenters. The molecular weight excluding hydrogens is 643 g/mol. The van der Waals surface area contributed by atoms with E-state index in [4.69, 9.17) is 24.5 Å². The maximum absolute atomic E-state index is 13.5. The molecule has 3 aromatic heterocycles. The van der Waals surface area contributed by atoms with Crippen LogP contribution in [0.25, 0.3) is 28.2 Å². The predicted octanol–water partition coefficient (Wildman–Crippen LogP) is 10.0. The average Bonchev–Trinajstić information content (AvgIpc) is 3.70. The number of rotatable bonds is 15. The Morgan fingerprint density at radius 1 is 1.06 bits per heavy atom. The fourth-order valence-corrected chi connectivity index (χ4v) is 8.23. The zero-order chi connectivity index (χ0) is 36.1. The van der Waals surface area contributed by atoms with E-state index in [1.165, 1.54) is 31.2 Å². The molecule has 4 heterocycles. The first kappa shape index (κ1) is 37.4. The molecule has 0 amide bonds. The van der Waals surface area contributed by atoms with Gasteiger partial charge in [-0.05, 0) is 91.0 Å². The third-order valence-electron chi connectivity index (χ3n) is 9.83. The molecule has 8 nitrogen and oxygen atoms in total. The SMILES string of the molecule is C=CCCc1sc(C)nc1-c1cccc(-c2cc3nc(C)c(C(OC(C)(C)C)C(=O)OC)c(N4CCC(CCC=C)(CCCC)CC4)n3n2)c1. The number of hydrogen-bond donors (Lipinski definition) is 0. The van der Waals surface area contributed by atoms with Crippen LogP contribution in [-0.2, 0) is 20.7 Å². The summed E-state index contributed by atoms with van der Waals surface area (Å²) in [5.74, 6) is 0.404. The van der Waals surface area contributed by atoms with Crippen molar-refractivity contribution in [2.45, 2.75) is 111 Å². The summed E-state index contributed by atoms with van der Waals surface area (Å²) in [6, 6.07) is 10.5. The summed E-state index contributed by atoms with van der Waals surface area (Å²) in [6.07, 6.45) is 12.8. The number of unbranched alkanes of at least 4 members (excludes halogenated alkanes) is 1. The number of thiazole rings is 1. The molecule has 0 spiro atoms. The van der Waals surface area contributed by atoms with Crippen LogP contribution in [0, 0.1) is 19.3 Å². The van der Waals surface area contributed by atoms with Gasteiger partial charge in [0.25, 0.3) is 0 Å². The summed E-state index contributed by atoms with van der Waals surface area (Å²) in [4.78, 5) is 27.1. The maximum atomic E-state index is 13.5. The topological polar surface area (TPSA) is 81.8 Å². The number of ether oxygens (including phenoxy) is 2.